The first-order chi connectivity index (χ1) is 16.5. The highest BCUT2D eigenvalue weighted by molar-refractivity contribution is 7.89. The molecule has 1 aromatic heterocycles. The summed E-state index contributed by atoms with van der Waals surface area (Å²) in [4.78, 5) is 4.37. The summed E-state index contributed by atoms with van der Waals surface area (Å²) in [5, 5.41) is -0.614. The summed E-state index contributed by atoms with van der Waals surface area (Å²) in [7, 11) is -0.462. The van der Waals surface area contributed by atoms with E-state index in [0.717, 1.165) is 28.3 Å². The van der Waals surface area contributed by atoms with Crippen molar-refractivity contribution in [1.29, 1.82) is 0 Å². The SMILES string of the molecule is C=CCCC(Cc1ccccn1)S(=O)(=O)N(Cc1ccc(OC)cc1)Cc1ccc(OC)cc1. The van der Waals surface area contributed by atoms with Gasteiger partial charge in [-0.3, -0.25) is 4.98 Å². The summed E-state index contributed by atoms with van der Waals surface area (Å²) in [5.74, 6) is 1.46. The van der Waals surface area contributed by atoms with Gasteiger partial charge in [-0.25, -0.2) is 8.42 Å². The van der Waals surface area contributed by atoms with Crippen LogP contribution in [0.4, 0.5) is 0 Å². The molecule has 0 aliphatic rings. The molecule has 180 valence electrons. The van der Waals surface area contributed by atoms with Gasteiger partial charge in [0.05, 0.1) is 19.5 Å². The Bertz CT molecular complexity index is 1080. The molecule has 3 aromatic rings. The fourth-order valence-corrected chi connectivity index (χ4v) is 5.62. The normalized spacial score (nSPS) is 12.3. The lowest BCUT2D eigenvalue weighted by atomic mass is 10.1. The molecule has 34 heavy (non-hydrogen) atoms. The van der Waals surface area contributed by atoms with Crippen molar-refractivity contribution in [2.75, 3.05) is 14.2 Å². The maximum Gasteiger partial charge on any atom is 0.217 e. The van der Waals surface area contributed by atoms with Gasteiger partial charge in [-0.2, -0.15) is 4.31 Å². The number of benzene rings is 2. The maximum atomic E-state index is 14.0. The van der Waals surface area contributed by atoms with Crippen LogP contribution in [-0.4, -0.2) is 37.2 Å². The van der Waals surface area contributed by atoms with E-state index in [1.165, 1.54) is 0 Å². The lowest BCUT2D eigenvalue weighted by Crippen LogP contribution is -2.39. The summed E-state index contributed by atoms with van der Waals surface area (Å²) in [6.07, 6.45) is 4.88. The average Bonchev–Trinajstić information content (AvgIpc) is 2.87. The van der Waals surface area contributed by atoms with E-state index in [-0.39, 0.29) is 13.1 Å². The third-order valence-corrected chi connectivity index (χ3v) is 7.90. The average molecular weight is 481 g/mol. The molecule has 2 aromatic carbocycles. The number of sulfonamides is 1. The van der Waals surface area contributed by atoms with E-state index in [2.05, 4.69) is 11.6 Å². The molecule has 0 saturated heterocycles. The maximum absolute atomic E-state index is 14.0. The molecular formula is C27H32N2O4S. The quantitative estimate of drug-likeness (QED) is 0.322. The van der Waals surface area contributed by atoms with Gasteiger partial charge in [-0.05, 0) is 60.4 Å². The number of aromatic nitrogens is 1. The Morgan fingerprint density at radius 2 is 1.47 bits per heavy atom. The van der Waals surface area contributed by atoms with Crippen LogP contribution in [0.5, 0.6) is 11.5 Å². The first-order valence-electron chi connectivity index (χ1n) is 11.2. The van der Waals surface area contributed by atoms with Gasteiger partial charge in [0.15, 0.2) is 0 Å². The van der Waals surface area contributed by atoms with E-state index in [0.29, 0.717) is 19.3 Å². The predicted molar refractivity (Wildman–Crippen MR) is 135 cm³/mol. The second kappa shape index (κ2) is 12.3. The van der Waals surface area contributed by atoms with Crippen molar-refractivity contribution in [3.63, 3.8) is 0 Å². The Labute approximate surface area is 202 Å². The fourth-order valence-electron chi connectivity index (χ4n) is 3.73. The second-order valence-corrected chi connectivity index (χ2v) is 10.2. The summed E-state index contributed by atoms with van der Waals surface area (Å²) < 4.78 is 40.1. The molecule has 0 amide bonds. The Balaban J connectivity index is 1.93. The Hall–Kier alpha value is -3.16. The van der Waals surface area contributed by atoms with Crippen LogP contribution in [0.1, 0.15) is 29.7 Å². The molecule has 1 unspecified atom stereocenters. The molecule has 0 bridgehead atoms. The number of hydrogen-bond donors (Lipinski definition) is 0. The molecule has 0 N–H and O–H groups in total. The number of pyridine rings is 1. The lowest BCUT2D eigenvalue weighted by molar-refractivity contribution is 0.388. The van der Waals surface area contributed by atoms with E-state index in [1.807, 2.05) is 66.7 Å². The van der Waals surface area contributed by atoms with Crippen molar-refractivity contribution >= 4 is 10.0 Å². The molecule has 1 heterocycles. The number of ether oxygens (including phenoxy) is 2. The van der Waals surface area contributed by atoms with E-state index in [4.69, 9.17) is 9.47 Å². The molecule has 0 aliphatic carbocycles. The summed E-state index contributed by atoms with van der Waals surface area (Å²) in [5.41, 5.74) is 2.53. The third kappa shape index (κ3) is 6.92. The minimum absolute atomic E-state index is 0.255. The molecule has 7 heteroatoms. The Kier molecular flexibility index (Phi) is 9.24. The smallest absolute Gasteiger partial charge is 0.217 e. The van der Waals surface area contributed by atoms with Crippen molar-refractivity contribution in [3.05, 3.63) is 102 Å². The summed E-state index contributed by atoms with van der Waals surface area (Å²) >= 11 is 0. The van der Waals surface area contributed by atoms with Crippen LogP contribution in [-0.2, 0) is 29.5 Å². The topological polar surface area (TPSA) is 68.7 Å². The van der Waals surface area contributed by atoms with Crippen molar-refractivity contribution in [2.45, 2.75) is 37.6 Å². The largest absolute Gasteiger partial charge is 0.497 e. The predicted octanol–water partition coefficient (Wildman–Crippen LogP) is 5.01. The van der Waals surface area contributed by atoms with Crippen molar-refractivity contribution in [2.24, 2.45) is 0 Å². The zero-order chi connectivity index (χ0) is 24.4. The Morgan fingerprint density at radius 1 is 0.912 bits per heavy atom. The summed E-state index contributed by atoms with van der Waals surface area (Å²) in [6.45, 7) is 4.30. The minimum atomic E-state index is -3.68. The van der Waals surface area contributed by atoms with Crippen LogP contribution in [0.2, 0.25) is 0 Å². The van der Waals surface area contributed by atoms with Gasteiger partial charge in [0.25, 0.3) is 0 Å². The molecule has 0 spiro atoms. The van der Waals surface area contributed by atoms with E-state index in [9.17, 15) is 8.42 Å². The van der Waals surface area contributed by atoms with Crippen molar-refractivity contribution in [1.82, 2.24) is 9.29 Å². The number of methoxy groups -OCH3 is 2. The second-order valence-electron chi connectivity index (χ2n) is 8.02. The molecule has 6 nitrogen and oxygen atoms in total. The van der Waals surface area contributed by atoms with Crippen LogP contribution in [0, 0.1) is 0 Å². The molecule has 1 atom stereocenters. The highest BCUT2D eigenvalue weighted by Crippen LogP contribution is 2.24. The van der Waals surface area contributed by atoms with Gasteiger partial charge >= 0.3 is 0 Å². The van der Waals surface area contributed by atoms with Crippen LogP contribution in [0.25, 0.3) is 0 Å². The first-order valence-corrected chi connectivity index (χ1v) is 12.7. The molecule has 0 aliphatic heterocycles. The lowest BCUT2D eigenvalue weighted by Gasteiger charge is -2.28. The molecular weight excluding hydrogens is 448 g/mol. The van der Waals surface area contributed by atoms with Gasteiger partial charge in [-0.1, -0.05) is 36.4 Å². The van der Waals surface area contributed by atoms with E-state index >= 15 is 0 Å². The first kappa shape index (κ1) is 25.5. The molecule has 0 radical (unpaired) electrons. The van der Waals surface area contributed by atoms with E-state index in [1.54, 1.807) is 30.8 Å². The Morgan fingerprint density at radius 3 is 1.91 bits per heavy atom. The van der Waals surface area contributed by atoms with Gasteiger partial charge in [0, 0.05) is 31.4 Å². The zero-order valence-corrected chi connectivity index (χ0v) is 20.6. The van der Waals surface area contributed by atoms with Crippen LogP contribution in [0.15, 0.2) is 85.6 Å². The van der Waals surface area contributed by atoms with Crippen molar-refractivity contribution < 1.29 is 17.9 Å². The minimum Gasteiger partial charge on any atom is -0.497 e. The van der Waals surface area contributed by atoms with Gasteiger partial charge in [0.2, 0.25) is 10.0 Å². The molecule has 3 rings (SSSR count). The standard InChI is InChI=1S/C27H32N2O4S/c1-4-5-9-27(19-24-8-6-7-18-28-24)34(30,31)29(20-22-10-14-25(32-2)15-11-22)21-23-12-16-26(33-3)17-13-23/h4,6-8,10-18,27H,1,5,9,19-21H2,2-3H3. The van der Waals surface area contributed by atoms with Crippen LogP contribution in [0.3, 0.4) is 0 Å². The third-order valence-electron chi connectivity index (χ3n) is 5.67. The van der Waals surface area contributed by atoms with Gasteiger partial charge in [0.1, 0.15) is 11.5 Å². The van der Waals surface area contributed by atoms with Crippen molar-refractivity contribution in [3.8, 4) is 11.5 Å². The van der Waals surface area contributed by atoms with E-state index < -0.39 is 15.3 Å². The fraction of sp³-hybridized carbons (Fsp3) is 0.296. The number of hydrogen-bond acceptors (Lipinski definition) is 5. The monoisotopic (exact) mass is 480 g/mol. The van der Waals surface area contributed by atoms with Gasteiger partial charge in [-0.15, -0.1) is 6.58 Å². The highest BCUT2D eigenvalue weighted by atomic mass is 32.2. The number of rotatable bonds is 13. The molecule has 0 fully saturated rings. The van der Waals surface area contributed by atoms with Gasteiger partial charge < -0.3 is 9.47 Å². The van der Waals surface area contributed by atoms with Crippen LogP contribution >= 0.6 is 0 Å². The highest BCUT2D eigenvalue weighted by Gasteiger charge is 2.32. The number of nitrogens with zero attached hydrogens (tertiary/aromatic N) is 2. The van der Waals surface area contributed by atoms with Crippen LogP contribution < -0.4 is 9.47 Å². The zero-order valence-electron chi connectivity index (χ0n) is 19.8. The summed E-state index contributed by atoms with van der Waals surface area (Å²) in [6, 6.07) is 20.5. The number of allylic oxidation sites excluding steroid dienone is 1. The molecule has 0 saturated carbocycles.